The third kappa shape index (κ3) is 8.72. The minimum atomic E-state index is -0.626. The first-order chi connectivity index (χ1) is 25.6. The van der Waals surface area contributed by atoms with Crippen molar-refractivity contribution < 1.29 is 42.4 Å². The zero-order valence-electron chi connectivity index (χ0n) is 33.4. The summed E-state index contributed by atoms with van der Waals surface area (Å²) in [5.41, 5.74) is 2.03. The number of nitrogens with zero attached hydrogens (tertiary/aromatic N) is 1. The van der Waals surface area contributed by atoms with Crippen LogP contribution >= 0.6 is 0 Å². The number of aromatic nitrogens is 1. The summed E-state index contributed by atoms with van der Waals surface area (Å²) in [6, 6.07) is 14.7. The van der Waals surface area contributed by atoms with E-state index in [2.05, 4.69) is 0 Å². The van der Waals surface area contributed by atoms with Crippen LogP contribution in [-0.2, 0) is 17.7 Å². The molecule has 0 amide bonds. The Bertz CT molecular complexity index is 2170. The van der Waals surface area contributed by atoms with E-state index >= 15 is 0 Å². The smallest absolute Gasteiger partial charge is 0.361 e. The maximum Gasteiger partial charge on any atom is 0.361 e. The van der Waals surface area contributed by atoms with E-state index in [1.807, 2.05) is 112 Å². The lowest BCUT2D eigenvalue weighted by Crippen LogP contribution is -2.16. The van der Waals surface area contributed by atoms with Crippen LogP contribution in [0.1, 0.15) is 85.3 Å². The van der Waals surface area contributed by atoms with Gasteiger partial charge in [0.15, 0.2) is 34.5 Å². The predicted octanol–water partition coefficient (Wildman–Crippen LogP) is 9.39. The highest BCUT2D eigenvalue weighted by molar-refractivity contribution is 6.18. The monoisotopic (exact) mass is 743 g/mol. The molecule has 0 atom stereocenters. The fourth-order valence-electron chi connectivity index (χ4n) is 6.39. The van der Waals surface area contributed by atoms with Gasteiger partial charge in [-0.25, -0.2) is 9.59 Å². The quantitative estimate of drug-likeness (QED) is 0.0715. The average molecular weight is 744 g/mol. The zero-order valence-corrected chi connectivity index (χ0v) is 33.4. The van der Waals surface area contributed by atoms with Crippen molar-refractivity contribution in [2.24, 2.45) is 0 Å². The molecule has 2 aromatic heterocycles. The Labute approximate surface area is 317 Å². The number of aryl methyl sites for hydroxylation is 2. The fourth-order valence-corrected chi connectivity index (χ4v) is 6.39. The van der Waals surface area contributed by atoms with Gasteiger partial charge in [-0.3, -0.25) is 0 Å². The van der Waals surface area contributed by atoms with Gasteiger partial charge in [0.2, 0.25) is 0 Å². The zero-order chi connectivity index (χ0) is 39.4. The van der Waals surface area contributed by atoms with E-state index in [1.54, 1.807) is 17.7 Å². The summed E-state index contributed by atoms with van der Waals surface area (Å²) in [4.78, 5) is 28.3. The van der Waals surface area contributed by atoms with Gasteiger partial charge in [-0.2, -0.15) is 0 Å². The molecular formula is C43H53NO10. The van der Waals surface area contributed by atoms with E-state index in [1.165, 1.54) is 7.11 Å². The maximum atomic E-state index is 14.3. The molecule has 0 fully saturated rings. The van der Waals surface area contributed by atoms with Gasteiger partial charge >= 0.3 is 11.6 Å². The van der Waals surface area contributed by atoms with Crippen molar-refractivity contribution >= 4 is 27.8 Å². The number of methoxy groups -OCH3 is 2. The minimum absolute atomic E-state index is 0.0770. The normalized spacial score (nSPS) is 11.7. The van der Waals surface area contributed by atoms with E-state index in [9.17, 15) is 9.59 Å². The van der Waals surface area contributed by atoms with E-state index in [0.717, 1.165) is 5.56 Å². The molecule has 0 N–H and O–H groups in total. The lowest BCUT2D eigenvalue weighted by Gasteiger charge is -2.19. The largest absolute Gasteiger partial charge is 0.493 e. The molecule has 0 radical (unpaired) electrons. The second kappa shape index (κ2) is 16.8. The molecule has 0 saturated carbocycles. The molecule has 5 rings (SSSR count). The second-order valence-electron chi connectivity index (χ2n) is 14.5. The van der Waals surface area contributed by atoms with Crippen molar-refractivity contribution in [1.82, 2.24) is 4.57 Å². The van der Waals surface area contributed by atoms with Gasteiger partial charge in [0.25, 0.3) is 0 Å². The first-order valence-electron chi connectivity index (χ1n) is 18.5. The molecule has 11 heteroatoms. The number of hydrogen-bond acceptors (Lipinski definition) is 10. The summed E-state index contributed by atoms with van der Waals surface area (Å²) < 4.78 is 49.5. The molecule has 11 nitrogen and oxygen atoms in total. The highest BCUT2D eigenvalue weighted by atomic mass is 16.5. The first-order valence-corrected chi connectivity index (χ1v) is 18.5. The third-order valence-corrected chi connectivity index (χ3v) is 8.25. The van der Waals surface area contributed by atoms with Gasteiger partial charge in [0, 0.05) is 28.9 Å². The number of ether oxygens (including phenoxy) is 7. The summed E-state index contributed by atoms with van der Waals surface area (Å²) in [5, 5.41) is 1.05. The van der Waals surface area contributed by atoms with Crippen molar-refractivity contribution in [2.75, 3.05) is 14.2 Å². The number of carbonyl (C=O) groups is 1. The van der Waals surface area contributed by atoms with Gasteiger partial charge < -0.3 is 42.1 Å². The van der Waals surface area contributed by atoms with Gasteiger partial charge in [0.1, 0.15) is 16.8 Å². The molecule has 0 aliphatic rings. The fraction of sp³-hybridized carbons (Fsp3) is 0.442. The van der Waals surface area contributed by atoms with Crippen LogP contribution in [0.15, 0.2) is 57.7 Å². The minimum Gasteiger partial charge on any atom is -0.493 e. The summed E-state index contributed by atoms with van der Waals surface area (Å²) in [7, 11) is 2.92. The molecule has 290 valence electrons. The average Bonchev–Trinajstić information content (AvgIpc) is 3.43. The van der Waals surface area contributed by atoms with Gasteiger partial charge in [-0.05, 0) is 117 Å². The van der Waals surface area contributed by atoms with Crippen molar-refractivity contribution in [3.05, 3.63) is 70.2 Å². The van der Waals surface area contributed by atoms with E-state index in [4.69, 9.17) is 37.6 Å². The topological polar surface area (TPSA) is 117 Å². The van der Waals surface area contributed by atoms with Crippen molar-refractivity contribution in [1.29, 1.82) is 0 Å². The van der Waals surface area contributed by atoms with E-state index < -0.39 is 11.6 Å². The van der Waals surface area contributed by atoms with Crippen LogP contribution < -0.4 is 34.0 Å². The Hall–Kier alpha value is -5.32. The number of fused-ring (bicyclic) bond motifs is 3. The molecule has 0 spiro atoms. The Morgan fingerprint density at radius 2 is 1.17 bits per heavy atom. The predicted molar refractivity (Wildman–Crippen MR) is 210 cm³/mol. The molecule has 0 saturated heterocycles. The molecule has 0 bridgehead atoms. The highest BCUT2D eigenvalue weighted by Crippen LogP contribution is 2.44. The first kappa shape index (κ1) is 39.9. The lowest BCUT2D eigenvalue weighted by molar-refractivity contribution is 0.0590. The van der Waals surface area contributed by atoms with E-state index in [0.29, 0.717) is 62.8 Å². The number of rotatable bonds is 16. The van der Waals surface area contributed by atoms with Gasteiger partial charge in [-0.1, -0.05) is 12.1 Å². The molecule has 3 aromatic carbocycles. The Balaban J connectivity index is 1.87. The van der Waals surface area contributed by atoms with E-state index in [-0.39, 0.29) is 53.9 Å². The van der Waals surface area contributed by atoms with Crippen molar-refractivity contribution in [3.63, 3.8) is 0 Å². The molecule has 0 aliphatic heterocycles. The summed E-state index contributed by atoms with van der Waals surface area (Å²) in [5.74, 6) is 2.53. The van der Waals surface area contributed by atoms with Crippen LogP contribution in [0.4, 0.5) is 0 Å². The van der Waals surface area contributed by atoms with Gasteiger partial charge in [-0.15, -0.1) is 0 Å². The molecule has 0 unspecified atom stereocenters. The summed E-state index contributed by atoms with van der Waals surface area (Å²) in [6.45, 7) is 19.5. The Morgan fingerprint density at radius 3 is 1.72 bits per heavy atom. The molecule has 2 heterocycles. The van der Waals surface area contributed by atoms with Crippen LogP contribution in [0.25, 0.3) is 33.0 Å². The molecule has 5 aromatic rings. The van der Waals surface area contributed by atoms with Gasteiger partial charge in [0.05, 0.1) is 44.7 Å². The second-order valence-corrected chi connectivity index (χ2v) is 14.5. The SMILES string of the molecule is COC(=O)c1c(-c2ccc(OC(C)C)c(OC(C)C)c2)c2c3cc(OC(C)C)c(OC(C)C)cc3oc(=O)c2n1CCc1ccc(OC)c(OC(C)C)c1. The van der Waals surface area contributed by atoms with Crippen LogP contribution in [0, 0.1) is 0 Å². The van der Waals surface area contributed by atoms with Crippen LogP contribution in [-0.4, -0.2) is 55.3 Å². The Morgan fingerprint density at radius 1 is 0.648 bits per heavy atom. The standard InChI is InChI=1S/C43H53NO10/c1-23(2)49-32-16-14-29(20-35(32)51-25(5)6)38-39-30-21-36(52-26(7)8)37(53-27(9)10)22-33(30)54-43(46)41(39)44(40(38)42(45)48-12)18-17-28-13-15-31(47-11)34(19-28)50-24(3)4/h13-16,19-27H,17-18H2,1-12H3. The summed E-state index contributed by atoms with van der Waals surface area (Å²) in [6.07, 6.45) is -0.298. The van der Waals surface area contributed by atoms with Crippen molar-refractivity contribution in [3.8, 4) is 45.6 Å². The van der Waals surface area contributed by atoms with Crippen molar-refractivity contribution in [2.45, 2.75) is 113 Å². The lowest BCUT2D eigenvalue weighted by atomic mass is 9.98. The number of esters is 1. The van der Waals surface area contributed by atoms with Crippen LogP contribution in [0.3, 0.4) is 0 Å². The molecular weight excluding hydrogens is 690 g/mol. The number of hydrogen-bond donors (Lipinski definition) is 0. The molecule has 54 heavy (non-hydrogen) atoms. The third-order valence-electron chi connectivity index (χ3n) is 8.25. The maximum absolute atomic E-state index is 14.3. The Kier molecular flexibility index (Phi) is 12.4. The highest BCUT2D eigenvalue weighted by Gasteiger charge is 2.30. The number of benzene rings is 3. The molecule has 0 aliphatic carbocycles. The summed E-state index contributed by atoms with van der Waals surface area (Å²) >= 11 is 0. The number of carbonyl (C=O) groups excluding carboxylic acids is 1. The van der Waals surface area contributed by atoms with Crippen LogP contribution in [0.2, 0.25) is 0 Å². The van der Waals surface area contributed by atoms with Crippen LogP contribution in [0.5, 0.6) is 34.5 Å².